The lowest BCUT2D eigenvalue weighted by Gasteiger charge is -2.04. The average Bonchev–Trinajstić information content (AvgIpc) is 2.54. The predicted octanol–water partition coefficient (Wildman–Crippen LogP) is 3.08. The van der Waals surface area contributed by atoms with Crippen molar-refractivity contribution in [3.63, 3.8) is 0 Å². The molecule has 3 rings (SSSR count). The molecular weight excluding hydrogens is 252 g/mol. The van der Waals surface area contributed by atoms with Crippen molar-refractivity contribution in [2.45, 2.75) is 0 Å². The standard InChI is InChI=1S/C16H12N2O2/c1-20-16(19)12-7-8-13-10-17-15(18-14(13)9-12)11-5-3-2-4-6-11/h2-10H,1H3. The van der Waals surface area contributed by atoms with Gasteiger partial charge in [-0.15, -0.1) is 0 Å². The van der Waals surface area contributed by atoms with Crippen LogP contribution >= 0.6 is 0 Å². The molecule has 3 aromatic rings. The van der Waals surface area contributed by atoms with Gasteiger partial charge in [0.25, 0.3) is 0 Å². The smallest absolute Gasteiger partial charge is 0.337 e. The van der Waals surface area contributed by atoms with Crippen LogP contribution in [0.3, 0.4) is 0 Å². The zero-order chi connectivity index (χ0) is 13.9. The second-order valence-electron chi connectivity index (χ2n) is 4.32. The molecule has 0 unspecified atom stereocenters. The molecule has 0 aliphatic carbocycles. The van der Waals surface area contributed by atoms with Gasteiger partial charge in [0.05, 0.1) is 18.2 Å². The maximum atomic E-state index is 11.5. The Labute approximate surface area is 116 Å². The van der Waals surface area contributed by atoms with E-state index in [0.29, 0.717) is 11.4 Å². The summed E-state index contributed by atoms with van der Waals surface area (Å²) in [6, 6.07) is 15.0. The zero-order valence-electron chi connectivity index (χ0n) is 10.9. The van der Waals surface area contributed by atoms with Gasteiger partial charge in [0.15, 0.2) is 5.82 Å². The van der Waals surface area contributed by atoms with Crippen LogP contribution in [0.15, 0.2) is 54.7 Å². The number of carbonyl (C=O) groups is 1. The van der Waals surface area contributed by atoms with Crippen molar-refractivity contribution < 1.29 is 9.53 Å². The van der Waals surface area contributed by atoms with Crippen LogP contribution in [0, 0.1) is 0 Å². The van der Waals surface area contributed by atoms with E-state index in [1.807, 2.05) is 36.4 Å². The fourth-order valence-corrected chi connectivity index (χ4v) is 1.99. The lowest BCUT2D eigenvalue weighted by molar-refractivity contribution is 0.0601. The van der Waals surface area contributed by atoms with Crippen molar-refractivity contribution in [1.29, 1.82) is 0 Å². The molecule has 0 aliphatic rings. The molecule has 0 radical (unpaired) electrons. The van der Waals surface area contributed by atoms with E-state index in [4.69, 9.17) is 4.74 Å². The van der Waals surface area contributed by atoms with Crippen LogP contribution < -0.4 is 0 Å². The minimum Gasteiger partial charge on any atom is -0.465 e. The molecule has 0 aliphatic heterocycles. The van der Waals surface area contributed by atoms with Crippen molar-refractivity contribution in [2.24, 2.45) is 0 Å². The van der Waals surface area contributed by atoms with E-state index in [9.17, 15) is 4.79 Å². The van der Waals surface area contributed by atoms with Crippen LogP contribution in [0.2, 0.25) is 0 Å². The number of fused-ring (bicyclic) bond motifs is 1. The normalized spacial score (nSPS) is 10.4. The van der Waals surface area contributed by atoms with Crippen molar-refractivity contribution in [1.82, 2.24) is 9.97 Å². The summed E-state index contributed by atoms with van der Waals surface area (Å²) in [7, 11) is 1.36. The van der Waals surface area contributed by atoms with Crippen LogP contribution in [0.1, 0.15) is 10.4 Å². The minimum absolute atomic E-state index is 0.369. The van der Waals surface area contributed by atoms with E-state index in [1.54, 1.807) is 18.3 Å². The first-order valence-corrected chi connectivity index (χ1v) is 6.18. The highest BCUT2D eigenvalue weighted by atomic mass is 16.5. The monoisotopic (exact) mass is 264 g/mol. The molecule has 0 amide bonds. The summed E-state index contributed by atoms with van der Waals surface area (Å²) in [5.41, 5.74) is 2.15. The van der Waals surface area contributed by atoms with Gasteiger partial charge < -0.3 is 4.74 Å². The molecule has 0 N–H and O–H groups in total. The molecule has 2 aromatic carbocycles. The molecule has 0 fully saturated rings. The second kappa shape index (κ2) is 5.09. The third-order valence-electron chi connectivity index (χ3n) is 3.04. The lowest BCUT2D eigenvalue weighted by atomic mass is 10.1. The first-order valence-electron chi connectivity index (χ1n) is 6.18. The van der Waals surface area contributed by atoms with Crippen LogP contribution in [0.4, 0.5) is 0 Å². The maximum Gasteiger partial charge on any atom is 0.337 e. The van der Waals surface area contributed by atoms with Crippen molar-refractivity contribution in [3.8, 4) is 11.4 Å². The highest BCUT2D eigenvalue weighted by Gasteiger charge is 2.08. The molecule has 1 heterocycles. The Hall–Kier alpha value is -2.75. The molecule has 0 atom stereocenters. The van der Waals surface area contributed by atoms with Crippen LogP contribution in [-0.4, -0.2) is 23.0 Å². The highest BCUT2D eigenvalue weighted by molar-refractivity contribution is 5.94. The molecule has 4 heteroatoms. The molecule has 98 valence electrons. The van der Waals surface area contributed by atoms with E-state index < -0.39 is 0 Å². The zero-order valence-corrected chi connectivity index (χ0v) is 10.9. The number of rotatable bonds is 2. The van der Waals surface area contributed by atoms with Gasteiger partial charge in [-0.1, -0.05) is 36.4 Å². The molecule has 0 spiro atoms. The van der Waals surface area contributed by atoms with E-state index in [2.05, 4.69) is 9.97 Å². The SMILES string of the molecule is COC(=O)c1ccc2cnc(-c3ccccc3)nc2c1. The maximum absolute atomic E-state index is 11.5. The largest absolute Gasteiger partial charge is 0.465 e. The van der Waals surface area contributed by atoms with Gasteiger partial charge in [-0.25, -0.2) is 14.8 Å². The second-order valence-corrected chi connectivity index (χ2v) is 4.32. The summed E-state index contributed by atoms with van der Waals surface area (Å²) in [4.78, 5) is 20.4. The Bertz CT molecular complexity index is 770. The van der Waals surface area contributed by atoms with Crippen molar-refractivity contribution >= 4 is 16.9 Å². The van der Waals surface area contributed by atoms with Gasteiger partial charge in [-0.05, 0) is 12.1 Å². The van der Waals surface area contributed by atoms with E-state index in [0.717, 1.165) is 16.5 Å². The Morgan fingerprint density at radius 1 is 1.10 bits per heavy atom. The summed E-state index contributed by atoms with van der Waals surface area (Å²) < 4.78 is 4.72. The number of aromatic nitrogens is 2. The minimum atomic E-state index is -0.369. The Morgan fingerprint density at radius 2 is 1.90 bits per heavy atom. The van der Waals surface area contributed by atoms with Crippen molar-refractivity contribution in [2.75, 3.05) is 7.11 Å². The summed E-state index contributed by atoms with van der Waals surface area (Å²) in [5, 5.41) is 0.886. The van der Waals surface area contributed by atoms with Crippen LogP contribution in [0.5, 0.6) is 0 Å². The fraction of sp³-hybridized carbons (Fsp3) is 0.0625. The van der Waals surface area contributed by atoms with Gasteiger partial charge in [0.2, 0.25) is 0 Å². The first kappa shape index (κ1) is 12.3. The highest BCUT2D eigenvalue weighted by Crippen LogP contribution is 2.19. The van der Waals surface area contributed by atoms with Crippen LogP contribution in [-0.2, 0) is 4.74 Å². The number of benzene rings is 2. The molecule has 1 aromatic heterocycles. The van der Waals surface area contributed by atoms with Crippen LogP contribution in [0.25, 0.3) is 22.3 Å². The quantitative estimate of drug-likeness (QED) is 0.667. The Kier molecular flexibility index (Phi) is 3.13. The van der Waals surface area contributed by atoms with Gasteiger partial charge in [-0.2, -0.15) is 0 Å². The summed E-state index contributed by atoms with van der Waals surface area (Å²) in [5.74, 6) is 0.270. The lowest BCUT2D eigenvalue weighted by Crippen LogP contribution is -2.01. The molecule has 0 bridgehead atoms. The average molecular weight is 264 g/mol. The van der Waals surface area contributed by atoms with Gasteiger partial charge in [0, 0.05) is 17.1 Å². The number of nitrogens with zero attached hydrogens (tertiary/aromatic N) is 2. The Morgan fingerprint density at radius 3 is 2.65 bits per heavy atom. The molecule has 0 saturated carbocycles. The molecular formula is C16H12N2O2. The Balaban J connectivity index is 2.12. The topological polar surface area (TPSA) is 52.1 Å². The van der Waals surface area contributed by atoms with Crippen molar-refractivity contribution in [3.05, 3.63) is 60.3 Å². The number of hydrogen-bond donors (Lipinski definition) is 0. The number of esters is 1. The van der Waals surface area contributed by atoms with Gasteiger partial charge >= 0.3 is 5.97 Å². The number of hydrogen-bond acceptors (Lipinski definition) is 4. The molecule has 20 heavy (non-hydrogen) atoms. The number of ether oxygens (including phenoxy) is 1. The number of carbonyl (C=O) groups excluding carboxylic acids is 1. The number of methoxy groups -OCH3 is 1. The van der Waals surface area contributed by atoms with Gasteiger partial charge in [0.1, 0.15) is 0 Å². The van der Waals surface area contributed by atoms with E-state index in [1.165, 1.54) is 7.11 Å². The third-order valence-corrected chi connectivity index (χ3v) is 3.04. The summed E-state index contributed by atoms with van der Waals surface area (Å²) in [6.45, 7) is 0. The molecule has 0 saturated heterocycles. The summed E-state index contributed by atoms with van der Waals surface area (Å²) >= 11 is 0. The van der Waals surface area contributed by atoms with Gasteiger partial charge in [-0.3, -0.25) is 0 Å². The fourth-order valence-electron chi connectivity index (χ4n) is 1.99. The first-order chi connectivity index (χ1) is 9.78. The van der Waals surface area contributed by atoms with E-state index >= 15 is 0 Å². The summed E-state index contributed by atoms with van der Waals surface area (Å²) in [6.07, 6.45) is 1.76. The van der Waals surface area contributed by atoms with E-state index in [-0.39, 0.29) is 5.97 Å². The third kappa shape index (κ3) is 2.23. The predicted molar refractivity (Wildman–Crippen MR) is 76.3 cm³/mol. The molecule has 4 nitrogen and oxygen atoms in total.